The molecule has 19 heavy (non-hydrogen) atoms. The van der Waals surface area contributed by atoms with Crippen LogP contribution < -0.4 is 15.8 Å². The highest BCUT2D eigenvalue weighted by Gasteiger charge is 2.21. The minimum absolute atomic E-state index is 0.319. The molecule has 1 saturated heterocycles. The lowest BCUT2D eigenvalue weighted by Gasteiger charge is -2.31. The van der Waals surface area contributed by atoms with E-state index in [2.05, 4.69) is 10.3 Å². The van der Waals surface area contributed by atoms with Gasteiger partial charge in [-0.3, -0.25) is 0 Å². The number of amides is 2. The van der Waals surface area contributed by atoms with Crippen LogP contribution in [0.3, 0.4) is 0 Å². The third kappa shape index (κ3) is 3.49. The molecule has 0 saturated carbocycles. The molecular formula is C13H20N4O2. The van der Waals surface area contributed by atoms with E-state index in [4.69, 9.17) is 10.5 Å². The fourth-order valence-corrected chi connectivity index (χ4v) is 2.22. The number of ether oxygens (including phenoxy) is 1. The number of piperidine rings is 1. The van der Waals surface area contributed by atoms with Crippen molar-refractivity contribution in [2.45, 2.75) is 25.8 Å². The fourth-order valence-electron chi connectivity index (χ4n) is 2.22. The number of hydrogen-bond donors (Lipinski definition) is 2. The molecule has 1 fully saturated rings. The SMILES string of the molecule is CCOc1ncccc1NC1CCN(C(N)=O)CC1. The first-order chi connectivity index (χ1) is 9.20. The van der Waals surface area contributed by atoms with Gasteiger partial charge < -0.3 is 20.7 Å². The maximum Gasteiger partial charge on any atom is 0.314 e. The second-order valence-electron chi connectivity index (χ2n) is 4.53. The molecule has 0 unspecified atom stereocenters. The molecule has 0 radical (unpaired) electrons. The quantitative estimate of drug-likeness (QED) is 0.862. The van der Waals surface area contributed by atoms with Crippen LogP contribution in [0, 0.1) is 0 Å². The van der Waals surface area contributed by atoms with E-state index in [0.29, 0.717) is 31.6 Å². The molecule has 0 aliphatic carbocycles. The second kappa shape index (κ2) is 6.26. The van der Waals surface area contributed by atoms with Crippen molar-refractivity contribution in [3.05, 3.63) is 18.3 Å². The van der Waals surface area contributed by atoms with Gasteiger partial charge in [-0.15, -0.1) is 0 Å². The molecule has 0 bridgehead atoms. The molecule has 1 aromatic heterocycles. The molecule has 104 valence electrons. The lowest BCUT2D eigenvalue weighted by Crippen LogP contribution is -2.44. The zero-order valence-corrected chi connectivity index (χ0v) is 11.1. The van der Waals surface area contributed by atoms with Crippen molar-refractivity contribution in [3.63, 3.8) is 0 Å². The minimum atomic E-state index is -0.338. The summed E-state index contributed by atoms with van der Waals surface area (Å²) < 4.78 is 5.48. The molecule has 0 atom stereocenters. The first kappa shape index (κ1) is 13.5. The number of nitrogens with zero attached hydrogens (tertiary/aromatic N) is 2. The topological polar surface area (TPSA) is 80.5 Å². The van der Waals surface area contributed by atoms with Gasteiger partial charge in [0.1, 0.15) is 0 Å². The number of urea groups is 1. The first-order valence-corrected chi connectivity index (χ1v) is 6.59. The Morgan fingerprint density at radius 1 is 1.58 bits per heavy atom. The molecule has 1 aliphatic rings. The standard InChI is InChI=1S/C13H20N4O2/c1-2-19-12-11(4-3-7-15-12)16-10-5-8-17(9-6-10)13(14)18/h3-4,7,10,16H,2,5-6,8-9H2,1H3,(H2,14,18). The zero-order chi connectivity index (χ0) is 13.7. The molecule has 3 N–H and O–H groups in total. The van der Waals surface area contributed by atoms with E-state index in [1.165, 1.54) is 0 Å². The summed E-state index contributed by atoms with van der Waals surface area (Å²) in [6.45, 7) is 3.91. The Labute approximate surface area is 112 Å². The number of aromatic nitrogens is 1. The van der Waals surface area contributed by atoms with E-state index in [0.717, 1.165) is 18.5 Å². The third-order valence-electron chi connectivity index (χ3n) is 3.22. The number of carbonyl (C=O) groups is 1. The van der Waals surface area contributed by atoms with Crippen LogP contribution in [0.1, 0.15) is 19.8 Å². The number of nitrogens with one attached hydrogen (secondary N) is 1. The number of anilines is 1. The highest BCUT2D eigenvalue weighted by atomic mass is 16.5. The van der Waals surface area contributed by atoms with Gasteiger partial charge in [0.2, 0.25) is 5.88 Å². The average Bonchev–Trinajstić information content (AvgIpc) is 2.42. The number of likely N-dealkylation sites (tertiary alicyclic amines) is 1. The number of pyridine rings is 1. The van der Waals surface area contributed by atoms with Gasteiger partial charge in [-0.25, -0.2) is 9.78 Å². The Kier molecular flexibility index (Phi) is 4.43. The molecule has 2 rings (SSSR count). The monoisotopic (exact) mass is 264 g/mol. The van der Waals surface area contributed by atoms with Gasteiger partial charge in [-0.1, -0.05) is 0 Å². The van der Waals surface area contributed by atoms with Gasteiger partial charge in [-0.2, -0.15) is 0 Å². The second-order valence-corrected chi connectivity index (χ2v) is 4.53. The molecule has 2 amide bonds. The summed E-state index contributed by atoms with van der Waals surface area (Å²) in [5.74, 6) is 0.627. The maximum absolute atomic E-state index is 11.1. The molecule has 6 heteroatoms. The van der Waals surface area contributed by atoms with Crippen LogP contribution in [0.15, 0.2) is 18.3 Å². The molecule has 1 aromatic rings. The van der Waals surface area contributed by atoms with Gasteiger partial charge in [0.05, 0.1) is 12.3 Å². The van der Waals surface area contributed by atoms with Gasteiger partial charge >= 0.3 is 6.03 Å². The molecule has 6 nitrogen and oxygen atoms in total. The van der Waals surface area contributed by atoms with Gasteiger partial charge in [0.15, 0.2) is 0 Å². The van der Waals surface area contributed by atoms with Crippen LogP contribution in [-0.4, -0.2) is 41.7 Å². The van der Waals surface area contributed by atoms with Crippen molar-refractivity contribution in [2.24, 2.45) is 5.73 Å². The Bertz CT molecular complexity index is 430. The molecular weight excluding hydrogens is 244 g/mol. The number of nitrogens with two attached hydrogens (primary N) is 1. The van der Waals surface area contributed by atoms with Gasteiger partial charge in [-0.05, 0) is 31.9 Å². The van der Waals surface area contributed by atoms with Crippen molar-refractivity contribution >= 4 is 11.7 Å². The zero-order valence-electron chi connectivity index (χ0n) is 11.1. The van der Waals surface area contributed by atoms with E-state index in [1.807, 2.05) is 19.1 Å². The molecule has 0 spiro atoms. The Balaban J connectivity index is 1.93. The predicted molar refractivity (Wildman–Crippen MR) is 73.2 cm³/mol. The first-order valence-electron chi connectivity index (χ1n) is 6.59. The Morgan fingerprint density at radius 3 is 2.95 bits per heavy atom. The van der Waals surface area contributed by atoms with Gasteiger partial charge in [0, 0.05) is 25.3 Å². The fraction of sp³-hybridized carbons (Fsp3) is 0.538. The normalized spacial score (nSPS) is 16.2. The summed E-state index contributed by atoms with van der Waals surface area (Å²) in [6.07, 6.45) is 3.47. The van der Waals surface area contributed by atoms with Crippen LogP contribution in [-0.2, 0) is 0 Å². The summed E-state index contributed by atoms with van der Waals surface area (Å²) in [4.78, 5) is 16.9. The molecule has 1 aliphatic heterocycles. The molecule has 2 heterocycles. The van der Waals surface area contributed by atoms with Crippen LogP contribution in [0.25, 0.3) is 0 Å². The van der Waals surface area contributed by atoms with E-state index in [9.17, 15) is 4.79 Å². The predicted octanol–water partition coefficient (Wildman–Crippen LogP) is 1.44. The number of carbonyl (C=O) groups excluding carboxylic acids is 1. The third-order valence-corrected chi connectivity index (χ3v) is 3.22. The van der Waals surface area contributed by atoms with Crippen LogP contribution in [0.4, 0.5) is 10.5 Å². The van der Waals surface area contributed by atoms with Crippen molar-refractivity contribution < 1.29 is 9.53 Å². The summed E-state index contributed by atoms with van der Waals surface area (Å²) in [6, 6.07) is 3.82. The van der Waals surface area contributed by atoms with Crippen molar-refractivity contribution in [3.8, 4) is 5.88 Å². The number of primary amides is 1. The summed E-state index contributed by atoms with van der Waals surface area (Å²) >= 11 is 0. The summed E-state index contributed by atoms with van der Waals surface area (Å²) in [5.41, 5.74) is 6.17. The maximum atomic E-state index is 11.1. The largest absolute Gasteiger partial charge is 0.476 e. The lowest BCUT2D eigenvalue weighted by atomic mass is 10.1. The van der Waals surface area contributed by atoms with E-state index < -0.39 is 0 Å². The van der Waals surface area contributed by atoms with E-state index >= 15 is 0 Å². The summed E-state index contributed by atoms with van der Waals surface area (Å²) in [5, 5.41) is 3.43. The highest BCUT2D eigenvalue weighted by Crippen LogP contribution is 2.24. The Morgan fingerprint density at radius 2 is 2.32 bits per heavy atom. The Hall–Kier alpha value is -1.98. The van der Waals surface area contributed by atoms with Crippen molar-refractivity contribution in [2.75, 3.05) is 25.0 Å². The smallest absolute Gasteiger partial charge is 0.314 e. The van der Waals surface area contributed by atoms with Crippen molar-refractivity contribution in [1.82, 2.24) is 9.88 Å². The summed E-state index contributed by atoms with van der Waals surface area (Å²) in [7, 11) is 0. The van der Waals surface area contributed by atoms with Crippen molar-refractivity contribution in [1.29, 1.82) is 0 Å². The van der Waals surface area contributed by atoms with Gasteiger partial charge in [0.25, 0.3) is 0 Å². The van der Waals surface area contributed by atoms with Crippen LogP contribution in [0.2, 0.25) is 0 Å². The lowest BCUT2D eigenvalue weighted by molar-refractivity contribution is 0.193. The number of hydrogen-bond acceptors (Lipinski definition) is 4. The van der Waals surface area contributed by atoms with E-state index in [1.54, 1.807) is 11.1 Å². The van der Waals surface area contributed by atoms with Crippen LogP contribution in [0.5, 0.6) is 5.88 Å². The van der Waals surface area contributed by atoms with E-state index in [-0.39, 0.29) is 6.03 Å². The van der Waals surface area contributed by atoms with Crippen LogP contribution >= 0.6 is 0 Å². The molecule has 0 aromatic carbocycles. The highest BCUT2D eigenvalue weighted by molar-refractivity contribution is 5.72. The minimum Gasteiger partial charge on any atom is -0.476 e. The average molecular weight is 264 g/mol. The number of rotatable bonds is 4.